The Morgan fingerprint density at radius 3 is 2.50 bits per heavy atom. The molecular weight excluding hydrogens is 426 g/mol. The summed E-state index contributed by atoms with van der Waals surface area (Å²) in [5, 5.41) is 6.15. The fourth-order valence-corrected chi connectivity index (χ4v) is 3.81. The number of carbonyl (C=O) groups excluding carboxylic acids is 1. The Bertz CT molecular complexity index is 1100. The summed E-state index contributed by atoms with van der Waals surface area (Å²) in [5.74, 6) is -1.25. The van der Waals surface area contributed by atoms with Crippen LogP contribution in [0.2, 0.25) is 0 Å². The second-order valence-corrected chi connectivity index (χ2v) is 7.58. The third-order valence-corrected chi connectivity index (χ3v) is 5.37. The largest absolute Gasteiger partial charge is 0.490 e. The lowest BCUT2D eigenvalue weighted by Gasteiger charge is -2.17. The van der Waals surface area contributed by atoms with Crippen LogP contribution in [0.1, 0.15) is 47.3 Å². The molecule has 1 aliphatic carbocycles. The molecule has 0 radical (unpaired) electrons. The van der Waals surface area contributed by atoms with Gasteiger partial charge in [-0.1, -0.05) is 30.3 Å². The van der Waals surface area contributed by atoms with Gasteiger partial charge in [0.1, 0.15) is 17.3 Å². The number of ether oxygens (including phenoxy) is 1. The molecule has 1 N–H and O–H groups in total. The van der Waals surface area contributed by atoms with E-state index in [0.29, 0.717) is 16.0 Å². The Morgan fingerprint density at radius 2 is 1.78 bits per heavy atom. The van der Waals surface area contributed by atoms with Gasteiger partial charge >= 0.3 is 6.18 Å². The van der Waals surface area contributed by atoms with E-state index in [0.717, 1.165) is 44.0 Å². The van der Waals surface area contributed by atoms with Crippen LogP contribution in [0, 0.1) is 5.82 Å². The monoisotopic (exact) mass is 447 g/mol. The van der Waals surface area contributed by atoms with E-state index in [1.54, 1.807) is 24.3 Å². The molecule has 0 saturated heterocycles. The van der Waals surface area contributed by atoms with Gasteiger partial charge in [0.15, 0.2) is 5.69 Å². The van der Waals surface area contributed by atoms with Crippen molar-refractivity contribution in [3.8, 4) is 11.4 Å². The highest BCUT2D eigenvalue weighted by Gasteiger charge is 2.41. The first kappa shape index (κ1) is 21.9. The summed E-state index contributed by atoms with van der Waals surface area (Å²) in [6, 6.07) is 12.0. The molecule has 1 aromatic heterocycles. The van der Waals surface area contributed by atoms with Crippen molar-refractivity contribution in [2.45, 2.75) is 44.5 Å². The summed E-state index contributed by atoms with van der Waals surface area (Å²) >= 11 is 0. The van der Waals surface area contributed by atoms with Crippen LogP contribution >= 0.6 is 0 Å². The van der Waals surface area contributed by atoms with E-state index in [4.69, 9.17) is 4.74 Å². The van der Waals surface area contributed by atoms with Crippen molar-refractivity contribution in [3.63, 3.8) is 0 Å². The highest BCUT2D eigenvalue weighted by Crippen LogP contribution is 2.34. The number of rotatable bonds is 6. The van der Waals surface area contributed by atoms with Crippen LogP contribution < -0.4 is 10.1 Å². The Labute approximate surface area is 182 Å². The number of aromatic nitrogens is 2. The molecule has 1 heterocycles. The first-order valence-electron chi connectivity index (χ1n) is 10.3. The second kappa shape index (κ2) is 9.02. The van der Waals surface area contributed by atoms with Crippen LogP contribution in [0.3, 0.4) is 0 Å². The molecule has 0 spiro atoms. The van der Waals surface area contributed by atoms with E-state index in [9.17, 15) is 22.4 Å². The highest BCUT2D eigenvalue weighted by molar-refractivity contribution is 5.95. The van der Waals surface area contributed by atoms with Crippen LogP contribution in [-0.2, 0) is 12.7 Å². The molecule has 168 valence electrons. The van der Waals surface area contributed by atoms with E-state index in [2.05, 4.69) is 10.4 Å². The SMILES string of the molecule is O=C(NCc1ccccc1OC1CCCC1)c1cnn(-c2ccccc2F)c1C(F)(F)F. The van der Waals surface area contributed by atoms with E-state index in [1.807, 2.05) is 0 Å². The van der Waals surface area contributed by atoms with Crippen molar-refractivity contribution in [1.29, 1.82) is 0 Å². The van der Waals surface area contributed by atoms with E-state index in [1.165, 1.54) is 12.1 Å². The molecule has 32 heavy (non-hydrogen) atoms. The van der Waals surface area contributed by atoms with E-state index >= 15 is 0 Å². The van der Waals surface area contributed by atoms with Gasteiger partial charge in [0.05, 0.1) is 17.9 Å². The molecule has 1 amide bonds. The van der Waals surface area contributed by atoms with Gasteiger partial charge in [-0.15, -0.1) is 0 Å². The van der Waals surface area contributed by atoms with Crippen molar-refractivity contribution in [2.75, 3.05) is 0 Å². The molecule has 9 heteroatoms. The number of carbonyl (C=O) groups is 1. The summed E-state index contributed by atoms with van der Waals surface area (Å²) in [6.45, 7) is -0.0239. The number of amides is 1. The zero-order chi connectivity index (χ0) is 22.7. The van der Waals surface area contributed by atoms with Crippen LogP contribution in [0.4, 0.5) is 17.6 Å². The Hall–Kier alpha value is -3.36. The average molecular weight is 447 g/mol. The summed E-state index contributed by atoms with van der Waals surface area (Å²) < 4.78 is 61.9. The van der Waals surface area contributed by atoms with Crippen LogP contribution in [-0.4, -0.2) is 21.8 Å². The third-order valence-electron chi connectivity index (χ3n) is 5.37. The van der Waals surface area contributed by atoms with E-state index < -0.39 is 34.8 Å². The lowest BCUT2D eigenvalue weighted by Crippen LogP contribution is -2.27. The number of nitrogens with zero attached hydrogens (tertiary/aromatic N) is 2. The first-order valence-corrected chi connectivity index (χ1v) is 10.3. The maximum atomic E-state index is 14.1. The van der Waals surface area contributed by atoms with Crippen LogP contribution in [0.5, 0.6) is 5.75 Å². The van der Waals surface area contributed by atoms with Crippen molar-refractivity contribution in [3.05, 3.63) is 77.4 Å². The van der Waals surface area contributed by atoms with Gasteiger partial charge < -0.3 is 10.1 Å². The quantitative estimate of drug-likeness (QED) is 0.523. The summed E-state index contributed by atoms with van der Waals surface area (Å²) in [7, 11) is 0. The van der Waals surface area contributed by atoms with Gasteiger partial charge in [-0.2, -0.15) is 18.3 Å². The Morgan fingerprint density at radius 1 is 1.09 bits per heavy atom. The fourth-order valence-electron chi connectivity index (χ4n) is 3.81. The van der Waals surface area contributed by atoms with Crippen molar-refractivity contribution < 1.29 is 27.1 Å². The maximum absolute atomic E-state index is 14.1. The maximum Gasteiger partial charge on any atom is 0.434 e. The molecule has 5 nitrogen and oxygen atoms in total. The lowest BCUT2D eigenvalue weighted by atomic mass is 10.1. The summed E-state index contributed by atoms with van der Waals surface area (Å²) in [6.07, 6.45) is 0.0598. The number of para-hydroxylation sites is 2. The standard InChI is InChI=1S/C23H21F4N3O2/c24-18-10-4-5-11-19(18)30-21(23(25,26)27)17(14-29-30)22(31)28-13-15-7-1-6-12-20(15)32-16-8-2-3-9-16/h1,4-7,10-12,14,16H,2-3,8-9,13H2,(H,28,31). The molecule has 4 rings (SSSR count). The number of benzene rings is 2. The van der Waals surface area contributed by atoms with Gasteiger partial charge in [-0.25, -0.2) is 9.07 Å². The van der Waals surface area contributed by atoms with Crippen molar-refractivity contribution in [2.24, 2.45) is 0 Å². The van der Waals surface area contributed by atoms with Crippen LogP contribution in [0.25, 0.3) is 5.69 Å². The van der Waals surface area contributed by atoms with Crippen LogP contribution in [0.15, 0.2) is 54.7 Å². The number of hydrogen-bond acceptors (Lipinski definition) is 3. The molecule has 1 aliphatic rings. The zero-order valence-electron chi connectivity index (χ0n) is 17.0. The molecule has 0 unspecified atom stereocenters. The normalized spacial score (nSPS) is 14.5. The van der Waals surface area contributed by atoms with Gasteiger partial charge in [-0.3, -0.25) is 4.79 Å². The summed E-state index contributed by atoms with van der Waals surface area (Å²) in [5.41, 5.74) is -1.76. The molecule has 2 aromatic carbocycles. The van der Waals surface area contributed by atoms with Crippen molar-refractivity contribution in [1.82, 2.24) is 15.1 Å². The molecular formula is C23H21F4N3O2. The number of hydrogen-bond donors (Lipinski definition) is 1. The van der Waals surface area contributed by atoms with Gasteiger partial charge in [-0.05, 0) is 43.9 Å². The number of halogens is 4. The van der Waals surface area contributed by atoms with Gasteiger partial charge in [0.2, 0.25) is 0 Å². The average Bonchev–Trinajstić information content (AvgIpc) is 3.43. The Balaban J connectivity index is 1.57. The minimum absolute atomic E-state index is 0.0239. The molecule has 1 saturated carbocycles. The second-order valence-electron chi connectivity index (χ2n) is 7.58. The van der Waals surface area contributed by atoms with E-state index in [-0.39, 0.29) is 12.6 Å². The minimum Gasteiger partial charge on any atom is -0.490 e. The molecule has 1 fully saturated rings. The molecule has 3 aromatic rings. The number of alkyl halides is 3. The predicted molar refractivity (Wildman–Crippen MR) is 109 cm³/mol. The fraction of sp³-hybridized carbons (Fsp3) is 0.304. The van der Waals surface area contributed by atoms with Gasteiger partial charge in [0.25, 0.3) is 5.91 Å². The molecule has 0 aliphatic heterocycles. The topological polar surface area (TPSA) is 56.1 Å². The zero-order valence-corrected chi connectivity index (χ0v) is 17.0. The van der Waals surface area contributed by atoms with Crippen molar-refractivity contribution >= 4 is 5.91 Å². The smallest absolute Gasteiger partial charge is 0.434 e. The molecule has 0 atom stereocenters. The first-order chi connectivity index (χ1) is 15.3. The Kier molecular flexibility index (Phi) is 6.16. The van der Waals surface area contributed by atoms with Gasteiger partial charge in [0, 0.05) is 12.1 Å². The summed E-state index contributed by atoms with van der Waals surface area (Å²) in [4.78, 5) is 12.7. The molecule has 0 bridgehead atoms. The lowest BCUT2D eigenvalue weighted by molar-refractivity contribution is -0.143. The number of nitrogens with one attached hydrogen (secondary N) is 1. The predicted octanol–water partition coefficient (Wildman–Crippen LogP) is 5.28. The third kappa shape index (κ3) is 4.61. The minimum atomic E-state index is -4.92. The highest BCUT2D eigenvalue weighted by atomic mass is 19.4.